The Labute approximate surface area is 172 Å². The Kier molecular flexibility index (Phi) is 7.22. The second-order valence-electron chi connectivity index (χ2n) is 6.97. The Balaban J connectivity index is 1.46. The minimum atomic E-state index is -0.256. The SMILES string of the molecule is BOc1ccc(OC(=O)C2CCC(C(=O)Oc3ccc(OBC)cc3)CC2)cc1. The van der Waals surface area contributed by atoms with Crippen molar-refractivity contribution in [1.29, 1.82) is 0 Å². The van der Waals surface area contributed by atoms with Crippen LogP contribution in [0.1, 0.15) is 25.7 Å². The van der Waals surface area contributed by atoms with Gasteiger partial charge < -0.3 is 18.8 Å². The van der Waals surface area contributed by atoms with Crippen LogP contribution in [0.4, 0.5) is 0 Å². The summed E-state index contributed by atoms with van der Waals surface area (Å²) in [6.45, 7) is 1.91. The Bertz CT molecular complexity index is 814. The first-order valence-electron chi connectivity index (χ1n) is 9.89. The summed E-state index contributed by atoms with van der Waals surface area (Å²) in [7, 11) is 2.17. The van der Waals surface area contributed by atoms with E-state index in [1.54, 1.807) is 56.6 Å². The molecule has 2 aromatic rings. The topological polar surface area (TPSA) is 71.1 Å². The number of hydrogen-bond acceptors (Lipinski definition) is 6. The first-order chi connectivity index (χ1) is 14.1. The van der Waals surface area contributed by atoms with Gasteiger partial charge in [-0.15, -0.1) is 0 Å². The van der Waals surface area contributed by atoms with Gasteiger partial charge in [0.1, 0.15) is 11.5 Å². The average molecular weight is 394 g/mol. The zero-order valence-electron chi connectivity index (χ0n) is 16.8. The standard InChI is InChI=1S/C21H24B2O6/c1-23-29-19-12-8-17(9-13-19)27-21(25)15-4-2-14(3-5-15)20(24)26-16-6-10-18(28-22)11-7-16/h6-15,23H,2-5,22H2,1H3. The van der Waals surface area contributed by atoms with E-state index in [0.29, 0.717) is 50.4 Å². The van der Waals surface area contributed by atoms with E-state index in [0.717, 1.165) is 5.75 Å². The second-order valence-corrected chi connectivity index (χ2v) is 6.97. The number of rotatable bonds is 7. The van der Waals surface area contributed by atoms with E-state index in [-0.39, 0.29) is 23.8 Å². The molecule has 0 spiro atoms. The van der Waals surface area contributed by atoms with Gasteiger partial charge in [-0.3, -0.25) is 9.59 Å². The minimum Gasteiger partial charge on any atom is -0.568 e. The van der Waals surface area contributed by atoms with Crippen LogP contribution < -0.4 is 18.8 Å². The van der Waals surface area contributed by atoms with E-state index in [1.165, 1.54) is 0 Å². The molecule has 1 aliphatic carbocycles. The molecule has 1 fully saturated rings. The highest BCUT2D eigenvalue weighted by Crippen LogP contribution is 2.31. The van der Waals surface area contributed by atoms with Crippen LogP contribution in [0.5, 0.6) is 23.0 Å². The monoisotopic (exact) mass is 394 g/mol. The molecule has 0 bridgehead atoms. The van der Waals surface area contributed by atoms with Crippen LogP contribution in [0.2, 0.25) is 6.82 Å². The van der Waals surface area contributed by atoms with Gasteiger partial charge in [0.05, 0.1) is 23.3 Å². The lowest BCUT2D eigenvalue weighted by molar-refractivity contribution is -0.145. The summed E-state index contributed by atoms with van der Waals surface area (Å²) in [5.41, 5.74) is 0. The van der Waals surface area contributed by atoms with Crippen LogP contribution in [-0.4, -0.2) is 27.5 Å². The zero-order valence-corrected chi connectivity index (χ0v) is 16.8. The third-order valence-corrected chi connectivity index (χ3v) is 5.02. The molecule has 6 nitrogen and oxygen atoms in total. The molecule has 29 heavy (non-hydrogen) atoms. The van der Waals surface area contributed by atoms with Crippen molar-refractivity contribution in [1.82, 2.24) is 0 Å². The maximum absolute atomic E-state index is 12.4. The molecule has 150 valence electrons. The fourth-order valence-electron chi connectivity index (χ4n) is 3.38. The summed E-state index contributed by atoms with van der Waals surface area (Å²) in [5.74, 6) is 1.52. The highest BCUT2D eigenvalue weighted by molar-refractivity contribution is 6.26. The van der Waals surface area contributed by atoms with Crippen LogP contribution in [0.25, 0.3) is 0 Å². The lowest BCUT2D eigenvalue weighted by Gasteiger charge is -2.25. The van der Waals surface area contributed by atoms with Crippen molar-refractivity contribution in [2.75, 3.05) is 0 Å². The summed E-state index contributed by atoms with van der Waals surface area (Å²) in [6, 6.07) is 13.9. The van der Waals surface area contributed by atoms with Crippen LogP contribution in [-0.2, 0) is 9.59 Å². The molecule has 3 rings (SSSR count). The number of benzene rings is 2. The van der Waals surface area contributed by atoms with Crippen LogP contribution >= 0.6 is 0 Å². The Morgan fingerprint density at radius 2 is 1.14 bits per heavy atom. The summed E-state index contributed by atoms with van der Waals surface area (Å²) < 4.78 is 21.4. The van der Waals surface area contributed by atoms with Gasteiger partial charge in [-0.2, -0.15) is 0 Å². The van der Waals surface area contributed by atoms with Gasteiger partial charge in [0, 0.05) is 0 Å². The third kappa shape index (κ3) is 5.79. The van der Waals surface area contributed by atoms with Gasteiger partial charge >= 0.3 is 27.5 Å². The number of hydrogen-bond donors (Lipinski definition) is 0. The van der Waals surface area contributed by atoms with Crippen LogP contribution in [0.3, 0.4) is 0 Å². The van der Waals surface area contributed by atoms with Gasteiger partial charge in [-0.1, -0.05) is 6.82 Å². The first kappa shape index (κ1) is 20.8. The minimum absolute atomic E-state index is 0.202. The molecule has 0 aromatic heterocycles. The van der Waals surface area contributed by atoms with Crippen LogP contribution in [0, 0.1) is 11.8 Å². The van der Waals surface area contributed by atoms with Crippen molar-refractivity contribution in [3.8, 4) is 23.0 Å². The molecule has 0 atom stereocenters. The molecule has 0 N–H and O–H groups in total. The van der Waals surface area contributed by atoms with Gasteiger partial charge in [0.25, 0.3) is 0 Å². The summed E-state index contributed by atoms with van der Waals surface area (Å²) >= 11 is 0. The molecule has 0 aliphatic heterocycles. The van der Waals surface area contributed by atoms with E-state index in [2.05, 4.69) is 0 Å². The maximum Gasteiger partial charge on any atom is 0.336 e. The van der Waals surface area contributed by atoms with Crippen molar-refractivity contribution in [3.05, 3.63) is 48.5 Å². The molecule has 8 heteroatoms. The fraction of sp³-hybridized carbons (Fsp3) is 0.333. The predicted molar refractivity (Wildman–Crippen MR) is 112 cm³/mol. The molecule has 2 aromatic carbocycles. The Morgan fingerprint density at radius 1 is 0.759 bits per heavy atom. The molecule has 1 saturated carbocycles. The quantitative estimate of drug-likeness (QED) is 0.409. The molecule has 0 saturated heterocycles. The molecule has 0 heterocycles. The highest BCUT2D eigenvalue weighted by atomic mass is 16.5. The van der Waals surface area contributed by atoms with E-state index in [4.69, 9.17) is 18.8 Å². The van der Waals surface area contributed by atoms with Gasteiger partial charge in [-0.05, 0) is 74.2 Å². The second kappa shape index (κ2) is 10.0. The smallest absolute Gasteiger partial charge is 0.336 e. The average Bonchev–Trinajstić information content (AvgIpc) is 2.76. The molecular weight excluding hydrogens is 370 g/mol. The number of carbonyl (C=O) groups excluding carboxylic acids is 2. The van der Waals surface area contributed by atoms with Gasteiger partial charge in [0.15, 0.2) is 0 Å². The molecule has 0 amide bonds. The van der Waals surface area contributed by atoms with E-state index in [9.17, 15) is 9.59 Å². The van der Waals surface area contributed by atoms with Gasteiger partial charge in [-0.25, -0.2) is 0 Å². The van der Waals surface area contributed by atoms with Crippen molar-refractivity contribution in [2.45, 2.75) is 32.5 Å². The highest BCUT2D eigenvalue weighted by Gasteiger charge is 2.32. The van der Waals surface area contributed by atoms with E-state index >= 15 is 0 Å². The molecular formula is C21H24B2O6. The number of esters is 2. The molecule has 0 unspecified atom stereocenters. The van der Waals surface area contributed by atoms with Crippen LogP contribution in [0.15, 0.2) is 48.5 Å². The van der Waals surface area contributed by atoms with Crippen molar-refractivity contribution < 1.29 is 28.4 Å². The normalized spacial score (nSPS) is 18.4. The third-order valence-electron chi connectivity index (χ3n) is 5.02. The lowest BCUT2D eigenvalue weighted by atomic mass is 9.82. The fourth-order valence-corrected chi connectivity index (χ4v) is 3.38. The van der Waals surface area contributed by atoms with E-state index < -0.39 is 0 Å². The Morgan fingerprint density at radius 3 is 1.52 bits per heavy atom. The summed E-state index contributed by atoms with van der Waals surface area (Å²) in [6.07, 6.45) is 2.44. The predicted octanol–water partition coefficient (Wildman–Crippen LogP) is 2.71. The first-order valence-corrected chi connectivity index (χ1v) is 9.89. The summed E-state index contributed by atoms with van der Waals surface area (Å²) in [4.78, 5) is 24.8. The molecule has 1 aliphatic rings. The number of ether oxygens (including phenoxy) is 2. The van der Waals surface area contributed by atoms with Crippen molar-refractivity contribution in [3.63, 3.8) is 0 Å². The van der Waals surface area contributed by atoms with E-state index in [1.807, 2.05) is 6.82 Å². The molecule has 0 radical (unpaired) electrons. The van der Waals surface area contributed by atoms with Crippen molar-refractivity contribution >= 4 is 27.5 Å². The lowest BCUT2D eigenvalue weighted by Crippen LogP contribution is -2.30. The largest absolute Gasteiger partial charge is 0.568 e. The van der Waals surface area contributed by atoms with Gasteiger partial charge in [0.2, 0.25) is 0 Å². The Hall–Kier alpha value is -2.89. The zero-order chi connectivity index (χ0) is 20.6. The summed E-state index contributed by atoms with van der Waals surface area (Å²) in [5, 5.41) is 0. The van der Waals surface area contributed by atoms with Crippen molar-refractivity contribution in [2.24, 2.45) is 11.8 Å². The number of carbonyl (C=O) groups is 2. The maximum atomic E-state index is 12.4.